The summed E-state index contributed by atoms with van der Waals surface area (Å²) in [7, 11) is 2.20. The van der Waals surface area contributed by atoms with E-state index in [1.54, 1.807) is 0 Å². The van der Waals surface area contributed by atoms with Crippen LogP contribution in [-0.2, 0) is 6.42 Å². The number of aromatic amines is 1. The molecule has 0 aliphatic carbocycles. The molecule has 154 valence electrons. The minimum atomic E-state index is 0.848. The monoisotopic (exact) mass is 400 g/mol. The molecule has 2 aromatic heterocycles. The third-order valence-corrected chi connectivity index (χ3v) is 6.25. The van der Waals surface area contributed by atoms with Crippen molar-refractivity contribution in [1.82, 2.24) is 19.9 Å². The fraction of sp³-hybridized carbons (Fsp3) is 0.320. The van der Waals surface area contributed by atoms with Crippen LogP contribution in [0.5, 0.6) is 0 Å². The van der Waals surface area contributed by atoms with Gasteiger partial charge in [-0.25, -0.2) is 0 Å². The highest BCUT2D eigenvalue weighted by Gasteiger charge is 2.23. The van der Waals surface area contributed by atoms with E-state index in [0.29, 0.717) is 0 Å². The van der Waals surface area contributed by atoms with E-state index >= 15 is 0 Å². The third-order valence-electron chi connectivity index (χ3n) is 6.25. The predicted molar refractivity (Wildman–Crippen MR) is 122 cm³/mol. The van der Waals surface area contributed by atoms with Crippen LogP contribution in [-0.4, -0.2) is 59.7 Å². The van der Waals surface area contributed by atoms with Gasteiger partial charge in [0.15, 0.2) is 0 Å². The summed E-state index contributed by atoms with van der Waals surface area (Å²) in [6.07, 6.45) is 1.00. The van der Waals surface area contributed by atoms with Crippen LogP contribution >= 0.6 is 0 Å². The molecule has 2 aromatic carbocycles. The number of aromatic nitrogens is 2. The number of benzene rings is 2. The largest absolute Gasteiger partial charge is 0.360 e. The lowest BCUT2D eigenvalue weighted by atomic mass is 9.98. The number of hydrogen-bond acceptors (Lipinski definition) is 4. The second-order valence-electron chi connectivity index (χ2n) is 8.25. The highest BCUT2D eigenvalue weighted by atomic mass is 16.5. The molecule has 3 heterocycles. The quantitative estimate of drug-likeness (QED) is 0.532. The first-order chi connectivity index (χ1) is 14.7. The zero-order chi connectivity index (χ0) is 20.5. The van der Waals surface area contributed by atoms with Gasteiger partial charge >= 0.3 is 0 Å². The van der Waals surface area contributed by atoms with Crippen molar-refractivity contribution in [2.24, 2.45) is 0 Å². The average Bonchev–Trinajstić information content (AvgIpc) is 3.34. The van der Waals surface area contributed by atoms with Crippen LogP contribution in [0.4, 0.5) is 0 Å². The molecular formula is C25H28N4O. The van der Waals surface area contributed by atoms with Crippen molar-refractivity contribution in [3.8, 4) is 22.5 Å². The second kappa shape index (κ2) is 8.09. The SMILES string of the molecule is Cc1onc(-c2ccccc2)c1-c1[nH]c2ccccc2c1CCN1CCN(C)CC1. The summed E-state index contributed by atoms with van der Waals surface area (Å²) >= 11 is 0. The Balaban J connectivity index is 1.56. The molecule has 0 bridgehead atoms. The summed E-state index contributed by atoms with van der Waals surface area (Å²) in [4.78, 5) is 8.66. The van der Waals surface area contributed by atoms with Crippen LogP contribution in [0.3, 0.4) is 0 Å². The molecule has 5 rings (SSSR count). The Hall–Kier alpha value is -2.89. The number of likely N-dealkylation sites (N-methyl/N-ethyl adjacent to an activating group) is 1. The van der Waals surface area contributed by atoms with Crippen LogP contribution in [0, 0.1) is 6.92 Å². The summed E-state index contributed by atoms with van der Waals surface area (Å²) in [6, 6.07) is 18.9. The van der Waals surface area contributed by atoms with Crippen LogP contribution in [0.2, 0.25) is 0 Å². The molecule has 5 heteroatoms. The number of H-pyrrole nitrogens is 1. The number of para-hydroxylation sites is 1. The summed E-state index contributed by atoms with van der Waals surface area (Å²) < 4.78 is 5.68. The molecular weight excluding hydrogens is 372 g/mol. The summed E-state index contributed by atoms with van der Waals surface area (Å²) in [5, 5.41) is 5.71. The average molecular weight is 401 g/mol. The molecule has 30 heavy (non-hydrogen) atoms. The standard InChI is InChI=1S/C25H28N4O/c1-18-23(24(27-30-18)19-8-4-3-5-9-19)25-21(20-10-6-7-11-22(20)26-25)12-13-29-16-14-28(2)15-17-29/h3-11,26H,12-17H2,1-2H3. The lowest BCUT2D eigenvalue weighted by Crippen LogP contribution is -2.45. The molecule has 0 amide bonds. The number of nitrogens with zero attached hydrogens (tertiary/aromatic N) is 3. The Kier molecular flexibility index (Phi) is 5.15. The van der Waals surface area contributed by atoms with Gasteiger partial charge in [-0.1, -0.05) is 53.7 Å². The van der Waals surface area contributed by atoms with E-state index < -0.39 is 0 Å². The number of hydrogen-bond donors (Lipinski definition) is 1. The Labute approximate surface area is 177 Å². The second-order valence-corrected chi connectivity index (χ2v) is 8.25. The highest BCUT2D eigenvalue weighted by molar-refractivity contribution is 5.94. The van der Waals surface area contributed by atoms with Gasteiger partial charge < -0.3 is 19.3 Å². The number of piperazine rings is 1. The Bertz CT molecular complexity index is 1140. The van der Waals surface area contributed by atoms with Gasteiger partial charge in [-0.2, -0.15) is 0 Å². The van der Waals surface area contributed by atoms with E-state index in [1.165, 1.54) is 16.5 Å². The number of fused-ring (bicyclic) bond motifs is 1. The van der Waals surface area contributed by atoms with Crippen LogP contribution in [0.25, 0.3) is 33.4 Å². The van der Waals surface area contributed by atoms with E-state index in [4.69, 9.17) is 4.52 Å². The molecule has 1 aliphatic rings. The molecule has 0 unspecified atom stereocenters. The minimum Gasteiger partial charge on any atom is -0.360 e. The van der Waals surface area contributed by atoms with Crippen molar-refractivity contribution in [1.29, 1.82) is 0 Å². The van der Waals surface area contributed by atoms with Crippen molar-refractivity contribution < 1.29 is 4.52 Å². The maximum atomic E-state index is 5.68. The van der Waals surface area contributed by atoms with Gasteiger partial charge in [0.25, 0.3) is 0 Å². The molecule has 1 N–H and O–H groups in total. The van der Waals surface area contributed by atoms with Gasteiger partial charge in [0, 0.05) is 49.2 Å². The number of aryl methyl sites for hydroxylation is 1. The highest BCUT2D eigenvalue weighted by Crippen LogP contribution is 2.38. The van der Waals surface area contributed by atoms with Gasteiger partial charge in [0.05, 0.1) is 11.3 Å². The first-order valence-electron chi connectivity index (χ1n) is 10.7. The third kappa shape index (κ3) is 3.55. The van der Waals surface area contributed by atoms with Crippen molar-refractivity contribution in [3.05, 3.63) is 65.9 Å². The van der Waals surface area contributed by atoms with Gasteiger partial charge in [-0.05, 0) is 32.0 Å². The van der Waals surface area contributed by atoms with E-state index in [-0.39, 0.29) is 0 Å². The lowest BCUT2D eigenvalue weighted by molar-refractivity contribution is 0.155. The fourth-order valence-electron chi connectivity index (χ4n) is 4.47. The molecule has 0 atom stereocenters. The Morgan fingerprint density at radius 3 is 2.50 bits per heavy atom. The molecule has 1 fully saturated rings. The zero-order valence-electron chi connectivity index (χ0n) is 17.7. The van der Waals surface area contributed by atoms with Gasteiger partial charge in [0.2, 0.25) is 0 Å². The Morgan fingerprint density at radius 1 is 0.967 bits per heavy atom. The molecule has 5 nitrogen and oxygen atoms in total. The van der Waals surface area contributed by atoms with Crippen molar-refractivity contribution in [2.75, 3.05) is 39.8 Å². The molecule has 0 saturated carbocycles. The van der Waals surface area contributed by atoms with Gasteiger partial charge in [-0.3, -0.25) is 0 Å². The van der Waals surface area contributed by atoms with Crippen LogP contribution in [0.15, 0.2) is 59.1 Å². The smallest absolute Gasteiger partial charge is 0.143 e. The predicted octanol–water partition coefficient (Wildman–Crippen LogP) is 4.59. The Morgan fingerprint density at radius 2 is 1.70 bits per heavy atom. The topological polar surface area (TPSA) is 48.3 Å². The van der Waals surface area contributed by atoms with E-state index in [9.17, 15) is 0 Å². The normalized spacial score (nSPS) is 15.8. The summed E-state index contributed by atoms with van der Waals surface area (Å²) in [5.41, 5.74) is 6.72. The molecule has 0 radical (unpaired) electrons. The zero-order valence-corrected chi connectivity index (χ0v) is 17.7. The number of rotatable bonds is 5. The first kappa shape index (κ1) is 19.1. The van der Waals surface area contributed by atoms with Gasteiger partial charge in [0.1, 0.15) is 11.5 Å². The maximum absolute atomic E-state index is 5.68. The molecule has 4 aromatic rings. The van der Waals surface area contributed by atoms with Crippen LogP contribution < -0.4 is 0 Å². The van der Waals surface area contributed by atoms with E-state index in [2.05, 4.69) is 63.4 Å². The van der Waals surface area contributed by atoms with E-state index in [0.717, 1.165) is 67.4 Å². The van der Waals surface area contributed by atoms with Crippen molar-refractivity contribution >= 4 is 10.9 Å². The maximum Gasteiger partial charge on any atom is 0.143 e. The molecule has 1 saturated heterocycles. The minimum absolute atomic E-state index is 0.848. The van der Waals surface area contributed by atoms with Crippen LogP contribution in [0.1, 0.15) is 11.3 Å². The van der Waals surface area contributed by atoms with E-state index in [1.807, 2.05) is 25.1 Å². The van der Waals surface area contributed by atoms with Crippen molar-refractivity contribution in [2.45, 2.75) is 13.3 Å². The van der Waals surface area contributed by atoms with Crippen molar-refractivity contribution in [3.63, 3.8) is 0 Å². The molecule has 0 spiro atoms. The lowest BCUT2D eigenvalue weighted by Gasteiger charge is -2.32. The first-order valence-corrected chi connectivity index (χ1v) is 10.7. The summed E-state index contributed by atoms with van der Waals surface area (Å²) in [5.74, 6) is 0.848. The van der Waals surface area contributed by atoms with Gasteiger partial charge in [-0.15, -0.1) is 0 Å². The number of nitrogens with one attached hydrogen (secondary N) is 1. The summed E-state index contributed by atoms with van der Waals surface area (Å²) in [6.45, 7) is 7.62. The molecule has 1 aliphatic heterocycles. The fourth-order valence-corrected chi connectivity index (χ4v) is 4.47.